The summed E-state index contributed by atoms with van der Waals surface area (Å²) in [7, 11) is 0. The molecular weight excluding hydrogens is 931 g/mol. The zero-order chi connectivity index (χ0) is 51.8. The van der Waals surface area contributed by atoms with Crippen LogP contribution in [0.4, 0.5) is 31.1 Å². The van der Waals surface area contributed by atoms with Crippen LogP contribution in [0.3, 0.4) is 0 Å². The Morgan fingerprint density at radius 2 is 0.971 bits per heavy atom. The molecule has 0 atom stereocenters. The van der Waals surface area contributed by atoms with Gasteiger partial charge in [0.05, 0.1) is 0 Å². The van der Waals surface area contributed by atoms with Gasteiger partial charge < -0.3 is 46.0 Å². The van der Waals surface area contributed by atoms with Crippen molar-refractivity contribution in [2.24, 2.45) is 0 Å². The van der Waals surface area contributed by atoms with Crippen LogP contribution in [0.1, 0.15) is 96.5 Å². The summed E-state index contributed by atoms with van der Waals surface area (Å²) in [4.78, 5) is 126. The van der Waals surface area contributed by atoms with Crippen molar-refractivity contribution in [1.29, 1.82) is 0 Å². The van der Waals surface area contributed by atoms with Crippen LogP contribution in [0, 0.1) is 0 Å². The van der Waals surface area contributed by atoms with E-state index in [0.29, 0.717) is 19.3 Å². The van der Waals surface area contributed by atoms with Crippen molar-refractivity contribution in [2.75, 3.05) is 72.0 Å². The molecule has 69 heavy (non-hydrogen) atoms. The minimum Gasteiger partial charge on any atom is -0.445 e. The normalized spacial score (nSPS) is 11.1. The number of hydrogen-bond donors (Lipinski definition) is 5. The largest absolute Gasteiger partial charge is 0.471 e. The molecule has 0 bridgehead atoms. The van der Waals surface area contributed by atoms with Crippen LogP contribution in [0.5, 0.6) is 0 Å². The number of ketones is 2. The molecule has 388 valence electrons. The predicted octanol–water partition coefficient (Wildman–Crippen LogP) is 2.85. The number of carbonyl (C=O) groups excluding carboxylic acids is 10. The minimum absolute atomic E-state index is 0.00986. The molecule has 0 aromatic heterocycles. The van der Waals surface area contributed by atoms with Gasteiger partial charge in [0.2, 0.25) is 41.2 Å². The van der Waals surface area contributed by atoms with Crippen molar-refractivity contribution in [3.05, 3.63) is 35.9 Å². The summed E-state index contributed by atoms with van der Waals surface area (Å²) < 4.78 is 81.0. The zero-order valence-corrected chi connectivity index (χ0v) is 39.0. The van der Waals surface area contributed by atoms with Crippen LogP contribution >= 0.6 is 0 Å². The van der Waals surface area contributed by atoms with Gasteiger partial charge in [-0.2, -0.15) is 26.3 Å². The predicted molar refractivity (Wildman–Crippen MR) is 235 cm³/mol. The Kier molecular flexibility index (Phi) is 29.2. The topological polar surface area (TPSA) is 250 Å². The number of Topliss-reactive ketones (excluding diaryl/α,β-unsaturated/α-hetero) is 2. The van der Waals surface area contributed by atoms with Crippen LogP contribution in [-0.2, 0) is 54.5 Å². The van der Waals surface area contributed by atoms with Crippen LogP contribution < -0.4 is 26.6 Å². The standard InChI is InChI=1S/C44H64F6N8O11/c1-32(59)51-21-27-57(26-10-14-36(62)43(45,46)47)39(65)18-16-35(61)13-9-25-56(38(64)15-7-4-8-20-55-42(68)69-31-34-11-5-3-6-12-34)29-23-53-37(63)17-19-40(66)58(28-22-52-33(2)60)30-24-54-41(67)44(48,49)50/h3,5-6,11-12H,4,7-10,13-31H2,1-2H3,(H,51,59)(H,52,60)(H,53,63)(H,54,67)(H,55,68). The molecule has 0 saturated heterocycles. The van der Waals surface area contributed by atoms with E-state index < -0.39 is 72.6 Å². The van der Waals surface area contributed by atoms with Gasteiger partial charge in [-0.05, 0) is 31.2 Å². The van der Waals surface area contributed by atoms with E-state index in [1.807, 2.05) is 30.3 Å². The molecule has 25 heteroatoms. The highest BCUT2D eigenvalue weighted by Crippen LogP contribution is 2.19. The Balaban J connectivity index is 2.81. The molecule has 0 aliphatic carbocycles. The Morgan fingerprint density at radius 1 is 0.478 bits per heavy atom. The third-order valence-electron chi connectivity index (χ3n) is 9.96. The number of nitrogens with zero attached hydrogens (tertiary/aromatic N) is 3. The second kappa shape index (κ2) is 33.2. The maximum absolute atomic E-state index is 13.4. The lowest BCUT2D eigenvalue weighted by atomic mass is 10.1. The molecule has 8 amide bonds. The lowest BCUT2D eigenvalue weighted by Crippen LogP contribution is -2.45. The SMILES string of the molecule is CC(=O)NCCN(CCCC(=O)C(F)(F)F)C(=O)CCC(=O)CCCN(CCNC(=O)CCC(=O)N(CCNC(C)=O)CCNC(=O)C(F)(F)F)C(=O)CCCCCNC(=O)OCc1ccccc1. The van der Waals surface area contributed by atoms with Gasteiger partial charge in [0.1, 0.15) is 12.4 Å². The first-order chi connectivity index (χ1) is 32.5. The second-order valence-corrected chi connectivity index (χ2v) is 15.7. The molecule has 1 aromatic rings. The summed E-state index contributed by atoms with van der Waals surface area (Å²) >= 11 is 0. The number of benzene rings is 1. The molecule has 0 unspecified atom stereocenters. The van der Waals surface area contributed by atoms with Crippen molar-refractivity contribution < 1.29 is 79.0 Å². The van der Waals surface area contributed by atoms with Gasteiger partial charge in [0.25, 0.3) is 0 Å². The number of nitrogens with one attached hydrogen (secondary N) is 5. The number of alkyl halides is 6. The van der Waals surface area contributed by atoms with Crippen molar-refractivity contribution in [3.63, 3.8) is 0 Å². The van der Waals surface area contributed by atoms with E-state index in [1.165, 1.54) is 23.6 Å². The Morgan fingerprint density at radius 3 is 1.51 bits per heavy atom. The van der Waals surface area contributed by atoms with Crippen LogP contribution in [0.15, 0.2) is 30.3 Å². The third kappa shape index (κ3) is 29.9. The molecule has 1 aromatic carbocycles. The average molecular weight is 995 g/mol. The molecule has 0 aliphatic heterocycles. The van der Waals surface area contributed by atoms with Gasteiger partial charge in [0, 0.05) is 131 Å². The van der Waals surface area contributed by atoms with Gasteiger partial charge >= 0.3 is 24.4 Å². The molecule has 0 aliphatic rings. The van der Waals surface area contributed by atoms with Gasteiger partial charge in [-0.25, -0.2) is 4.79 Å². The molecule has 19 nitrogen and oxygen atoms in total. The van der Waals surface area contributed by atoms with E-state index >= 15 is 0 Å². The molecule has 1 rings (SSSR count). The lowest BCUT2D eigenvalue weighted by molar-refractivity contribution is -0.173. The fourth-order valence-electron chi connectivity index (χ4n) is 6.29. The Labute approximate surface area is 396 Å². The number of hydrogen-bond acceptors (Lipinski definition) is 11. The first kappa shape index (κ1) is 60.7. The van der Waals surface area contributed by atoms with Crippen LogP contribution in [0.25, 0.3) is 0 Å². The smallest absolute Gasteiger partial charge is 0.445 e. The average Bonchev–Trinajstić information content (AvgIpc) is 3.28. The molecule has 0 heterocycles. The molecule has 0 spiro atoms. The summed E-state index contributed by atoms with van der Waals surface area (Å²) in [6.45, 7) is 1.46. The summed E-state index contributed by atoms with van der Waals surface area (Å²) in [5, 5.41) is 11.8. The number of carbonyl (C=O) groups is 10. The van der Waals surface area contributed by atoms with E-state index in [-0.39, 0.29) is 135 Å². The monoisotopic (exact) mass is 994 g/mol. The summed E-state index contributed by atoms with van der Waals surface area (Å²) in [6.07, 6.45) is -11.5. The summed E-state index contributed by atoms with van der Waals surface area (Å²) in [5.41, 5.74) is 0.817. The fourth-order valence-corrected chi connectivity index (χ4v) is 6.29. The molecule has 0 fully saturated rings. The Hall–Kier alpha value is -6.30. The summed E-state index contributed by atoms with van der Waals surface area (Å²) in [6, 6.07) is 9.08. The number of unbranched alkanes of at least 4 members (excludes halogenated alkanes) is 2. The van der Waals surface area contributed by atoms with Crippen molar-refractivity contribution in [1.82, 2.24) is 41.3 Å². The number of rotatable bonds is 34. The van der Waals surface area contributed by atoms with Crippen molar-refractivity contribution >= 4 is 59.0 Å². The second-order valence-electron chi connectivity index (χ2n) is 15.7. The maximum Gasteiger partial charge on any atom is 0.471 e. The van der Waals surface area contributed by atoms with Crippen molar-refractivity contribution in [3.8, 4) is 0 Å². The highest BCUT2D eigenvalue weighted by Gasteiger charge is 2.38. The molecule has 5 N–H and O–H groups in total. The van der Waals surface area contributed by atoms with E-state index in [4.69, 9.17) is 4.74 Å². The van der Waals surface area contributed by atoms with E-state index in [0.717, 1.165) is 10.5 Å². The fraction of sp³-hybridized carbons (Fsp3) is 0.636. The first-order valence-corrected chi connectivity index (χ1v) is 22.5. The molecule has 0 radical (unpaired) electrons. The first-order valence-electron chi connectivity index (χ1n) is 22.5. The third-order valence-corrected chi connectivity index (χ3v) is 9.96. The van der Waals surface area contributed by atoms with E-state index in [1.54, 1.807) is 5.32 Å². The van der Waals surface area contributed by atoms with Gasteiger partial charge in [-0.1, -0.05) is 36.8 Å². The minimum atomic E-state index is -5.13. The van der Waals surface area contributed by atoms with Gasteiger partial charge in [0.15, 0.2) is 0 Å². The van der Waals surface area contributed by atoms with Crippen molar-refractivity contribution in [2.45, 2.75) is 110 Å². The number of amides is 8. The van der Waals surface area contributed by atoms with E-state index in [9.17, 15) is 74.3 Å². The maximum atomic E-state index is 13.4. The lowest BCUT2D eigenvalue weighted by Gasteiger charge is -2.24. The summed E-state index contributed by atoms with van der Waals surface area (Å²) in [5.74, 6) is -7.47. The van der Waals surface area contributed by atoms with E-state index in [2.05, 4.69) is 21.3 Å². The number of alkyl carbamates (subject to hydrolysis) is 1. The van der Waals surface area contributed by atoms with Crippen LogP contribution in [0.2, 0.25) is 0 Å². The number of ether oxygens (including phenoxy) is 1. The Bertz CT molecular complexity index is 1750. The highest BCUT2D eigenvalue weighted by atomic mass is 19.4. The molecular formula is C44H64F6N8O11. The van der Waals surface area contributed by atoms with Gasteiger partial charge in [-0.15, -0.1) is 0 Å². The number of halogens is 6. The van der Waals surface area contributed by atoms with Gasteiger partial charge in [-0.3, -0.25) is 43.2 Å². The molecule has 0 saturated carbocycles. The van der Waals surface area contributed by atoms with Crippen LogP contribution in [-0.4, -0.2) is 158 Å². The quantitative estimate of drug-likeness (QED) is 0.0496. The highest BCUT2D eigenvalue weighted by molar-refractivity contribution is 5.86. The zero-order valence-electron chi connectivity index (χ0n) is 39.0.